The molecule has 2 aromatic rings. The number of carbonyl (C=O) groups excluding carboxylic acids is 1. The summed E-state index contributed by atoms with van der Waals surface area (Å²) in [5.74, 6) is -1.89. The highest BCUT2D eigenvalue weighted by molar-refractivity contribution is 6.07. The summed E-state index contributed by atoms with van der Waals surface area (Å²) in [6.07, 6.45) is 2.90. The molecule has 96 valence electrons. The Morgan fingerprint density at radius 1 is 1.21 bits per heavy atom. The highest BCUT2D eigenvalue weighted by Crippen LogP contribution is 2.21. The molecule has 0 saturated carbocycles. The van der Waals surface area contributed by atoms with Gasteiger partial charge >= 0.3 is 5.97 Å². The van der Waals surface area contributed by atoms with Gasteiger partial charge in [-0.1, -0.05) is 0 Å². The van der Waals surface area contributed by atoms with Gasteiger partial charge in [0.25, 0.3) is 5.91 Å². The molecule has 0 aliphatic rings. The molecule has 0 aliphatic heterocycles. The Hall–Kier alpha value is -2.89. The Bertz CT molecular complexity index is 626. The summed E-state index contributed by atoms with van der Waals surface area (Å²) < 4.78 is 0. The minimum absolute atomic E-state index is 0.110. The Morgan fingerprint density at radius 3 is 2.63 bits per heavy atom. The number of phenols is 1. The third kappa shape index (κ3) is 2.86. The lowest BCUT2D eigenvalue weighted by molar-refractivity contribution is 0.0697. The van der Waals surface area contributed by atoms with Crippen molar-refractivity contribution in [2.24, 2.45) is 0 Å². The number of aromatic carboxylic acids is 1. The smallest absolute Gasteiger partial charge is 0.337 e. The number of anilines is 1. The number of hydrogen-bond donors (Lipinski definition) is 3. The number of benzene rings is 1. The van der Waals surface area contributed by atoms with E-state index in [4.69, 9.17) is 5.11 Å². The van der Waals surface area contributed by atoms with E-state index in [1.165, 1.54) is 24.5 Å². The summed E-state index contributed by atoms with van der Waals surface area (Å²) in [4.78, 5) is 26.7. The molecular weight excluding hydrogens is 248 g/mol. The number of phenolic OH excluding ortho intramolecular Hbond substituents is 1. The first kappa shape index (κ1) is 12.6. The molecule has 1 heterocycles. The number of nitrogens with zero attached hydrogens (tertiary/aromatic N) is 1. The largest absolute Gasteiger partial charge is 0.508 e. The zero-order valence-corrected chi connectivity index (χ0v) is 9.70. The van der Waals surface area contributed by atoms with Crippen LogP contribution in [0, 0.1) is 0 Å². The first-order chi connectivity index (χ1) is 9.08. The van der Waals surface area contributed by atoms with Gasteiger partial charge in [0.15, 0.2) is 0 Å². The zero-order chi connectivity index (χ0) is 13.8. The molecule has 0 fully saturated rings. The lowest BCUT2D eigenvalue weighted by atomic mass is 10.1. The van der Waals surface area contributed by atoms with Gasteiger partial charge in [0.05, 0.1) is 16.8 Å². The first-order valence-electron chi connectivity index (χ1n) is 5.35. The molecular formula is C13H10N2O4. The maximum Gasteiger partial charge on any atom is 0.337 e. The van der Waals surface area contributed by atoms with E-state index in [0.29, 0.717) is 5.56 Å². The van der Waals surface area contributed by atoms with Crippen LogP contribution in [0.3, 0.4) is 0 Å². The van der Waals surface area contributed by atoms with Crippen molar-refractivity contribution in [1.82, 2.24) is 4.98 Å². The molecule has 0 aliphatic carbocycles. The molecule has 1 aromatic carbocycles. The van der Waals surface area contributed by atoms with Crippen LogP contribution >= 0.6 is 0 Å². The second kappa shape index (κ2) is 5.18. The van der Waals surface area contributed by atoms with Crippen LogP contribution in [-0.4, -0.2) is 27.1 Å². The Morgan fingerprint density at radius 2 is 2.00 bits per heavy atom. The molecule has 0 radical (unpaired) electrons. The van der Waals surface area contributed by atoms with Crippen LogP contribution in [0.15, 0.2) is 42.7 Å². The molecule has 0 saturated heterocycles. The highest BCUT2D eigenvalue weighted by atomic mass is 16.4. The fraction of sp³-hybridized carbons (Fsp3) is 0. The molecule has 0 unspecified atom stereocenters. The SMILES string of the molecule is O=C(Nc1ccc(O)cc1C(=O)O)c1cccnc1. The lowest BCUT2D eigenvalue weighted by Crippen LogP contribution is -2.14. The highest BCUT2D eigenvalue weighted by Gasteiger charge is 2.14. The monoisotopic (exact) mass is 258 g/mol. The molecule has 2 rings (SSSR count). The van der Waals surface area contributed by atoms with E-state index in [1.54, 1.807) is 12.1 Å². The first-order valence-corrected chi connectivity index (χ1v) is 5.35. The van der Waals surface area contributed by atoms with Gasteiger partial charge in [-0.3, -0.25) is 9.78 Å². The zero-order valence-electron chi connectivity index (χ0n) is 9.70. The van der Waals surface area contributed by atoms with Gasteiger partial charge in [0.2, 0.25) is 0 Å². The predicted molar refractivity (Wildman–Crippen MR) is 67.3 cm³/mol. The minimum atomic E-state index is -1.24. The van der Waals surface area contributed by atoms with Gasteiger partial charge < -0.3 is 15.5 Å². The topological polar surface area (TPSA) is 99.5 Å². The van der Waals surface area contributed by atoms with Gasteiger partial charge in [-0.2, -0.15) is 0 Å². The number of amides is 1. The van der Waals surface area contributed by atoms with Crippen LogP contribution in [0.1, 0.15) is 20.7 Å². The van der Waals surface area contributed by atoms with Crippen molar-refractivity contribution < 1.29 is 19.8 Å². The van der Waals surface area contributed by atoms with Gasteiger partial charge in [0, 0.05) is 12.4 Å². The molecule has 0 spiro atoms. The van der Waals surface area contributed by atoms with Crippen molar-refractivity contribution in [3.8, 4) is 5.75 Å². The van der Waals surface area contributed by atoms with Crippen molar-refractivity contribution in [1.29, 1.82) is 0 Å². The lowest BCUT2D eigenvalue weighted by Gasteiger charge is -2.08. The third-order valence-electron chi connectivity index (χ3n) is 2.41. The number of aromatic nitrogens is 1. The van der Waals surface area contributed by atoms with Crippen LogP contribution in [0.4, 0.5) is 5.69 Å². The molecule has 0 atom stereocenters. The second-order valence-electron chi connectivity index (χ2n) is 3.73. The number of nitrogens with one attached hydrogen (secondary N) is 1. The number of carbonyl (C=O) groups is 2. The Balaban J connectivity index is 2.29. The maximum atomic E-state index is 11.9. The van der Waals surface area contributed by atoms with Gasteiger partial charge in [-0.15, -0.1) is 0 Å². The normalized spacial score (nSPS) is 9.89. The van der Waals surface area contributed by atoms with Crippen LogP contribution in [0.25, 0.3) is 0 Å². The second-order valence-corrected chi connectivity index (χ2v) is 3.73. The van der Waals surface area contributed by atoms with Crippen LogP contribution in [-0.2, 0) is 0 Å². The predicted octanol–water partition coefficient (Wildman–Crippen LogP) is 1.74. The van der Waals surface area contributed by atoms with Crippen molar-refractivity contribution in [2.75, 3.05) is 5.32 Å². The van der Waals surface area contributed by atoms with E-state index < -0.39 is 11.9 Å². The van der Waals surface area contributed by atoms with Crippen molar-refractivity contribution in [3.05, 3.63) is 53.9 Å². The summed E-state index contributed by atoms with van der Waals surface area (Å²) in [7, 11) is 0. The van der Waals surface area contributed by atoms with Crippen molar-refractivity contribution in [3.63, 3.8) is 0 Å². The Labute approximate surface area is 108 Å². The van der Waals surface area contributed by atoms with E-state index in [0.717, 1.165) is 6.07 Å². The summed E-state index contributed by atoms with van der Waals surface area (Å²) in [6, 6.07) is 6.85. The molecule has 6 heteroatoms. The summed E-state index contributed by atoms with van der Waals surface area (Å²) in [5.41, 5.74) is 0.239. The standard InChI is InChI=1S/C13H10N2O4/c16-9-3-4-11(10(6-9)13(18)19)15-12(17)8-2-1-5-14-7-8/h1-7,16H,(H,15,17)(H,18,19). The van der Waals surface area contributed by atoms with Crippen LogP contribution in [0.2, 0.25) is 0 Å². The number of pyridine rings is 1. The fourth-order valence-electron chi connectivity index (χ4n) is 1.51. The molecule has 1 aromatic heterocycles. The number of carboxylic acid groups (broad SMARTS) is 1. The summed E-state index contributed by atoms with van der Waals surface area (Å²) in [5, 5.41) is 20.7. The van der Waals surface area contributed by atoms with Gasteiger partial charge in [0.1, 0.15) is 5.75 Å². The third-order valence-corrected chi connectivity index (χ3v) is 2.41. The average Bonchev–Trinajstić information content (AvgIpc) is 2.41. The van der Waals surface area contributed by atoms with Crippen LogP contribution in [0.5, 0.6) is 5.75 Å². The van der Waals surface area contributed by atoms with Crippen LogP contribution < -0.4 is 5.32 Å². The number of rotatable bonds is 3. The van der Waals surface area contributed by atoms with Crippen molar-refractivity contribution in [2.45, 2.75) is 0 Å². The number of hydrogen-bond acceptors (Lipinski definition) is 4. The van der Waals surface area contributed by atoms with E-state index in [2.05, 4.69) is 10.3 Å². The number of aromatic hydroxyl groups is 1. The molecule has 6 nitrogen and oxygen atoms in total. The summed E-state index contributed by atoms with van der Waals surface area (Å²) >= 11 is 0. The Kier molecular flexibility index (Phi) is 3.42. The molecule has 1 amide bonds. The van der Waals surface area contributed by atoms with Gasteiger partial charge in [-0.05, 0) is 30.3 Å². The molecule has 3 N–H and O–H groups in total. The quantitative estimate of drug-likeness (QED) is 0.728. The molecule has 19 heavy (non-hydrogen) atoms. The summed E-state index contributed by atoms with van der Waals surface area (Å²) in [6.45, 7) is 0. The van der Waals surface area contributed by atoms with Gasteiger partial charge in [-0.25, -0.2) is 4.79 Å². The van der Waals surface area contributed by atoms with E-state index >= 15 is 0 Å². The fourth-order valence-corrected chi connectivity index (χ4v) is 1.51. The van der Waals surface area contributed by atoms with E-state index in [9.17, 15) is 14.7 Å². The van der Waals surface area contributed by atoms with Crippen molar-refractivity contribution >= 4 is 17.6 Å². The maximum absolute atomic E-state index is 11.9. The number of carboxylic acids is 1. The average molecular weight is 258 g/mol. The minimum Gasteiger partial charge on any atom is -0.508 e. The van der Waals surface area contributed by atoms with E-state index in [1.807, 2.05) is 0 Å². The molecule has 0 bridgehead atoms. The van der Waals surface area contributed by atoms with E-state index in [-0.39, 0.29) is 17.0 Å².